The summed E-state index contributed by atoms with van der Waals surface area (Å²) in [4.78, 5) is 4.48. The fourth-order valence-corrected chi connectivity index (χ4v) is 2.14. The standard InChI is InChI=1S/C11H11BrClN3/c1-16-9(6-14)15-10(11(16)12)7-2-4-8(13)5-3-7/h2-5H,6,14H2,1H3. The first-order valence-electron chi connectivity index (χ1n) is 4.80. The summed E-state index contributed by atoms with van der Waals surface area (Å²) in [5.74, 6) is 0.844. The Hall–Kier alpha value is -0.840. The molecule has 0 aliphatic carbocycles. The van der Waals surface area contributed by atoms with Gasteiger partial charge < -0.3 is 10.3 Å². The van der Waals surface area contributed by atoms with Crippen LogP contribution in [0.1, 0.15) is 5.82 Å². The topological polar surface area (TPSA) is 43.8 Å². The maximum atomic E-state index is 5.85. The predicted molar refractivity (Wildman–Crippen MR) is 69.2 cm³/mol. The molecule has 0 atom stereocenters. The third-order valence-corrected chi connectivity index (χ3v) is 3.58. The molecule has 1 aromatic carbocycles. The first-order chi connectivity index (χ1) is 7.63. The fourth-order valence-electron chi connectivity index (χ4n) is 1.50. The zero-order valence-corrected chi connectivity index (χ0v) is 11.1. The van der Waals surface area contributed by atoms with Gasteiger partial charge in [0, 0.05) is 17.6 Å². The summed E-state index contributed by atoms with van der Waals surface area (Å²) in [5, 5.41) is 0.717. The van der Waals surface area contributed by atoms with Gasteiger partial charge in [-0.1, -0.05) is 23.7 Å². The van der Waals surface area contributed by atoms with E-state index in [1.54, 1.807) is 0 Å². The molecule has 5 heteroatoms. The van der Waals surface area contributed by atoms with Crippen molar-refractivity contribution in [2.75, 3.05) is 0 Å². The van der Waals surface area contributed by atoms with Crippen LogP contribution in [0.15, 0.2) is 28.9 Å². The average molecular weight is 301 g/mol. The van der Waals surface area contributed by atoms with Gasteiger partial charge in [-0.25, -0.2) is 4.98 Å². The van der Waals surface area contributed by atoms with Crippen LogP contribution in [0.4, 0.5) is 0 Å². The smallest absolute Gasteiger partial charge is 0.123 e. The van der Waals surface area contributed by atoms with Crippen LogP contribution in [0.3, 0.4) is 0 Å². The number of rotatable bonds is 2. The Morgan fingerprint density at radius 1 is 1.38 bits per heavy atom. The molecule has 0 saturated heterocycles. The SMILES string of the molecule is Cn1c(CN)nc(-c2ccc(Cl)cc2)c1Br. The quantitative estimate of drug-likeness (QED) is 0.926. The van der Waals surface area contributed by atoms with Gasteiger partial charge in [-0.05, 0) is 28.1 Å². The van der Waals surface area contributed by atoms with Crippen LogP contribution >= 0.6 is 27.5 Å². The van der Waals surface area contributed by atoms with Gasteiger partial charge in [-0.2, -0.15) is 0 Å². The maximum absolute atomic E-state index is 5.85. The molecule has 0 amide bonds. The lowest BCUT2D eigenvalue weighted by Crippen LogP contribution is -2.04. The second-order valence-electron chi connectivity index (χ2n) is 3.44. The van der Waals surface area contributed by atoms with Gasteiger partial charge in [0.25, 0.3) is 0 Å². The highest BCUT2D eigenvalue weighted by Gasteiger charge is 2.12. The second kappa shape index (κ2) is 4.57. The molecule has 0 aliphatic rings. The highest BCUT2D eigenvalue weighted by atomic mass is 79.9. The van der Waals surface area contributed by atoms with Crippen LogP contribution in [-0.4, -0.2) is 9.55 Å². The fraction of sp³-hybridized carbons (Fsp3) is 0.182. The molecular weight excluding hydrogens is 289 g/mol. The van der Waals surface area contributed by atoms with E-state index >= 15 is 0 Å². The van der Waals surface area contributed by atoms with E-state index in [9.17, 15) is 0 Å². The molecule has 2 rings (SSSR count). The highest BCUT2D eigenvalue weighted by molar-refractivity contribution is 9.10. The monoisotopic (exact) mass is 299 g/mol. The van der Waals surface area contributed by atoms with Crippen LogP contribution in [0.25, 0.3) is 11.3 Å². The van der Waals surface area contributed by atoms with Crippen molar-refractivity contribution in [1.29, 1.82) is 0 Å². The van der Waals surface area contributed by atoms with E-state index in [-0.39, 0.29) is 0 Å². The van der Waals surface area contributed by atoms with Crippen LogP contribution in [0.2, 0.25) is 5.02 Å². The third kappa shape index (κ3) is 2.00. The Labute approximate surface area is 107 Å². The molecule has 3 nitrogen and oxygen atoms in total. The zero-order chi connectivity index (χ0) is 11.7. The molecule has 0 radical (unpaired) electrons. The summed E-state index contributed by atoms with van der Waals surface area (Å²) in [5.41, 5.74) is 7.52. The largest absolute Gasteiger partial charge is 0.324 e. The summed E-state index contributed by atoms with van der Waals surface area (Å²) in [6, 6.07) is 7.58. The number of halogens is 2. The van der Waals surface area contributed by atoms with Gasteiger partial charge in [0.15, 0.2) is 0 Å². The molecule has 2 aromatic rings. The lowest BCUT2D eigenvalue weighted by Gasteiger charge is -1.99. The number of nitrogens with zero attached hydrogens (tertiary/aromatic N) is 2. The molecule has 16 heavy (non-hydrogen) atoms. The minimum Gasteiger partial charge on any atom is -0.324 e. The Balaban J connectivity index is 2.52. The summed E-state index contributed by atoms with van der Waals surface area (Å²) >= 11 is 9.35. The van der Waals surface area contributed by atoms with Crippen LogP contribution in [0, 0.1) is 0 Å². The molecule has 0 bridgehead atoms. The van der Waals surface area contributed by atoms with Crippen molar-refractivity contribution < 1.29 is 0 Å². The molecule has 1 heterocycles. The molecule has 0 aliphatic heterocycles. The Kier molecular flexibility index (Phi) is 3.33. The number of aromatic nitrogens is 2. The van der Waals surface area contributed by atoms with Crippen molar-refractivity contribution in [3.05, 3.63) is 39.7 Å². The molecule has 1 aromatic heterocycles. The summed E-state index contributed by atoms with van der Waals surface area (Å²) in [7, 11) is 1.93. The number of hydrogen-bond acceptors (Lipinski definition) is 2. The van der Waals surface area contributed by atoms with Crippen molar-refractivity contribution in [2.24, 2.45) is 12.8 Å². The summed E-state index contributed by atoms with van der Waals surface area (Å²) in [6.07, 6.45) is 0. The number of imidazole rings is 1. The van der Waals surface area contributed by atoms with Gasteiger partial charge in [0.05, 0.1) is 6.54 Å². The minimum absolute atomic E-state index is 0.419. The van der Waals surface area contributed by atoms with E-state index in [0.29, 0.717) is 6.54 Å². The lowest BCUT2D eigenvalue weighted by molar-refractivity contribution is 0.781. The average Bonchev–Trinajstić information content (AvgIpc) is 2.57. The van der Waals surface area contributed by atoms with E-state index in [1.807, 2.05) is 35.9 Å². The first-order valence-corrected chi connectivity index (χ1v) is 5.97. The Bertz CT molecular complexity index is 505. The van der Waals surface area contributed by atoms with Crippen LogP contribution in [0.5, 0.6) is 0 Å². The molecule has 0 saturated carbocycles. The van der Waals surface area contributed by atoms with Crippen molar-refractivity contribution in [2.45, 2.75) is 6.54 Å². The molecule has 0 spiro atoms. The first kappa shape index (κ1) is 11.6. The Morgan fingerprint density at radius 3 is 2.50 bits per heavy atom. The van der Waals surface area contributed by atoms with Crippen molar-refractivity contribution in [1.82, 2.24) is 9.55 Å². The number of benzene rings is 1. The van der Waals surface area contributed by atoms with Crippen molar-refractivity contribution >= 4 is 27.5 Å². The van der Waals surface area contributed by atoms with E-state index in [0.717, 1.165) is 26.7 Å². The van der Waals surface area contributed by atoms with Gasteiger partial charge in [0.2, 0.25) is 0 Å². The number of hydrogen-bond donors (Lipinski definition) is 1. The van der Waals surface area contributed by atoms with Gasteiger partial charge in [-0.15, -0.1) is 0 Å². The molecule has 0 fully saturated rings. The van der Waals surface area contributed by atoms with E-state index < -0.39 is 0 Å². The van der Waals surface area contributed by atoms with E-state index in [1.165, 1.54) is 0 Å². The predicted octanol–water partition coefficient (Wildman–Crippen LogP) is 2.96. The molecule has 0 unspecified atom stereocenters. The van der Waals surface area contributed by atoms with Gasteiger partial charge in [-0.3, -0.25) is 0 Å². The highest BCUT2D eigenvalue weighted by Crippen LogP contribution is 2.28. The lowest BCUT2D eigenvalue weighted by atomic mass is 10.2. The van der Waals surface area contributed by atoms with Gasteiger partial charge in [0.1, 0.15) is 16.1 Å². The number of nitrogens with two attached hydrogens (primary N) is 1. The normalized spacial score (nSPS) is 10.8. The van der Waals surface area contributed by atoms with Crippen molar-refractivity contribution in [3.63, 3.8) is 0 Å². The molecule has 2 N–H and O–H groups in total. The maximum Gasteiger partial charge on any atom is 0.123 e. The Morgan fingerprint density at radius 2 is 2.00 bits per heavy atom. The third-order valence-electron chi connectivity index (χ3n) is 2.42. The van der Waals surface area contributed by atoms with Crippen LogP contribution < -0.4 is 5.73 Å². The van der Waals surface area contributed by atoms with E-state index in [4.69, 9.17) is 17.3 Å². The summed E-state index contributed by atoms with van der Waals surface area (Å²) < 4.78 is 2.86. The second-order valence-corrected chi connectivity index (χ2v) is 4.63. The van der Waals surface area contributed by atoms with Crippen LogP contribution in [-0.2, 0) is 13.6 Å². The zero-order valence-electron chi connectivity index (χ0n) is 8.74. The minimum atomic E-state index is 0.419. The molecular formula is C11H11BrClN3. The summed E-state index contributed by atoms with van der Waals surface area (Å²) in [6.45, 7) is 0.419. The molecule has 84 valence electrons. The van der Waals surface area contributed by atoms with Gasteiger partial charge >= 0.3 is 0 Å². The van der Waals surface area contributed by atoms with Crippen molar-refractivity contribution in [3.8, 4) is 11.3 Å². The van der Waals surface area contributed by atoms with E-state index in [2.05, 4.69) is 20.9 Å².